The van der Waals surface area contributed by atoms with Crippen LogP contribution in [0.1, 0.15) is 37.2 Å². The minimum absolute atomic E-state index is 0.00382. The van der Waals surface area contributed by atoms with Gasteiger partial charge in [0, 0.05) is 6.92 Å². The smallest absolute Gasteiger partial charge is 0.317 e. The normalized spacial score (nSPS) is 18.9. The van der Waals surface area contributed by atoms with Crippen molar-refractivity contribution in [3.05, 3.63) is 23.8 Å². The number of aliphatic carboxylic acids is 1. The monoisotopic (exact) mass is 278 g/mol. The fourth-order valence-corrected chi connectivity index (χ4v) is 2.41. The van der Waals surface area contributed by atoms with E-state index >= 15 is 0 Å². The molecule has 1 fully saturated rings. The lowest BCUT2D eigenvalue weighted by Crippen LogP contribution is -2.30. The van der Waals surface area contributed by atoms with E-state index in [0.717, 1.165) is 25.1 Å². The summed E-state index contributed by atoms with van der Waals surface area (Å²) < 4.78 is 0. The molecule has 7 heteroatoms. The molecule has 0 spiro atoms. The summed E-state index contributed by atoms with van der Waals surface area (Å²) in [7, 11) is 0. The Balaban J connectivity index is 2.09. The summed E-state index contributed by atoms with van der Waals surface area (Å²) in [6.07, 6.45) is 5.11. The van der Waals surface area contributed by atoms with Crippen molar-refractivity contribution < 1.29 is 14.7 Å². The zero-order chi connectivity index (χ0) is 14.5. The van der Waals surface area contributed by atoms with Crippen LogP contribution in [0.15, 0.2) is 12.4 Å². The zero-order valence-corrected chi connectivity index (χ0v) is 11.4. The highest BCUT2D eigenvalue weighted by atomic mass is 16.4. The number of carboxylic acid groups (broad SMARTS) is 1. The third-order valence-corrected chi connectivity index (χ3v) is 3.26. The number of hydrogen-bond donors (Lipinski definition) is 2. The molecule has 0 bridgehead atoms. The Morgan fingerprint density at radius 3 is 3.00 bits per heavy atom. The van der Waals surface area contributed by atoms with Gasteiger partial charge in [-0.3, -0.25) is 24.5 Å². The van der Waals surface area contributed by atoms with E-state index in [1.165, 1.54) is 6.92 Å². The van der Waals surface area contributed by atoms with Crippen LogP contribution < -0.4 is 5.32 Å². The van der Waals surface area contributed by atoms with Crippen LogP contribution in [0.5, 0.6) is 0 Å². The number of carbonyl (C=O) groups excluding carboxylic acids is 1. The van der Waals surface area contributed by atoms with Crippen LogP contribution in [0.2, 0.25) is 0 Å². The number of aromatic nitrogens is 2. The molecule has 1 aromatic heterocycles. The van der Waals surface area contributed by atoms with Gasteiger partial charge < -0.3 is 10.4 Å². The zero-order valence-electron chi connectivity index (χ0n) is 11.4. The Morgan fingerprint density at radius 2 is 2.30 bits per heavy atom. The van der Waals surface area contributed by atoms with Crippen LogP contribution >= 0.6 is 0 Å². The Hall–Kier alpha value is -2.02. The van der Waals surface area contributed by atoms with Gasteiger partial charge in [0.2, 0.25) is 5.91 Å². The Labute approximate surface area is 117 Å². The van der Waals surface area contributed by atoms with Gasteiger partial charge in [0.25, 0.3) is 0 Å². The molecule has 2 rings (SSSR count). The van der Waals surface area contributed by atoms with Crippen LogP contribution in [0.3, 0.4) is 0 Å². The first-order chi connectivity index (χ1) is 9.56. The molecular weight excluding hydrogens is 260 g/mol. The van der Waals surface area contributed by atoms with E-state index in [-0.39, 0.29) is 18.5 Å². The molecule has 0 aromatic carbocycles. The molecule has 2 N–H and O–H groups in total. The first-order valence-electron chi connectivity index (χ1n) is 6.57. The quantitative estimate of drug-likeness (QED) is 0.806. The van der Waals surface area contributed by atoms with Crippen LogP contribution in [-0.2, 0) is 16.1 Å². The predicted molar refractivity (Wildman–Crippen MR) is 70.7 cm³/mol. The lowest BCUT2D eigenvalue weighted by molar-refractivity contribution is -0.138. The van der Waals surface area contributed by atoms with E-state index in [9.17, 15) is 9.59 Å². The van der Waals surface area contributed by atoms with Gasteiger partial charge in [-0.05, 0) is 19.4 Å². The van der Waals surface area contributed by atoms with Crippen molar-refractivity contribution >= 4 is 11.9 Å². The molecule has 7 nitrogen and oxygen atoms in total. The molecule has 1 amide bonds. The summed E-state index contributed by atoms with van der Waals surface area (Å²) in [5, 5.41) is 11.6. The summed E-state index contributed by atoms with van der Waals surface area (Å²) in [4.78, 5) is 32.3. The van der Waals surface area contributed by atoms with Crippen molar-refractivity contribution in [1.29, 1.82) is 0 Å². The number of rotatable bonds is 5. The van der Waals surface area contributed by atoms with Gasteiger partial charge in [0.05, 0.1) is 42.9 Å². The maximum absolute atomic E-state index is 10.9. The molecule has 20 heavy (non-hydrogen) atoms. The largest absolute Gasteiger partial charge is 0.480 e. The molecule has 0 unspecified atom stereocenters. The molecule has 0 radical (unpaired) electrons. The van der Waals surface area contributed by atoms with Crippen molar-refractivity contribution in [2.24, 2.45) is 0 Å². The van der Waals surface area contributed by atoms with Gasteiger partial charge in [-0.1, -0.05) is 0 Å². The molecule has 1 saturated heterocycles. The maximum atomic E-state index is 10.9. The van der Waals surface area contributed by atoms with E-state index in [2.05, 4.69) is 15.3 Å². The second-order valence-electron chi connectivity index (χ2n) is 4.87. The van der Waals surface area contributed by atoms with Gasteiger partial charge in [-0.25, -0.2) is 0 Å². The summed E-state index contributed by atoms with van der Waals surface area (Å²) >= 11 is 0. The van der Waals surface area contributed by atoms with Crippen molar-refractivity contribution in [2.45, 2.75) is 32.4 Å². The molecular formula is C13H18N4O3. The van der Waals surface area contributed by atoms with E-state index in [0.29, 0.717) is 12.2 Å². The minimum Gasteiger partial charge on any atom is -0.480 e. The van der Waals surface area contributed by atoms with E-state index in [1.807, 2.05) is 4.90 Å². The lowest BCUT2D eigenvalue weighted by atomic mass is 10.1. The lowest BCUT2D eigenvalue weighted by Gasteiger charge is -2.22. The number of nitrogens with one attached hydrogen (secondary N) is 1. The number of carbonyl (C=O) groups is 2. The minimum atomic E-state index is -0.834. The highest BCUT2D eigenvalue weighted by Gasteiger charge is 2.28. The van der Waals surface area contributed by atoms with Crippen molar-refractivity contribution in [3.8, 4) is 0 Å². The molecule has 0 saturated carbocycles. The average Bonchev–Trinajstić information content (AvgIpc) is 2.84. The maximum Gasteiger partial charge on any atom is 0.317 e. The Morgan fingerprint density at radius 1 is 1.50 bits per heavy atom. The predicted octanol–water partition coefficient (Wildman–Crippen LogP) is 0.334. The van der Waals surface area contributed by atoms with Gasteiger partial charge in [0.15, 0.2) is 0 Å². The fourth-order valence-electron chi connectivity index (χ4n) is 2.41. The van der Waals surface area contributed by atoms with Crippen LogP contribution in [0.4, 0.5) is 0 Å². The number of amides is 1. The molecule has 1 atom stereocenters. The SMILES string of the molecule is CC(=O)NCc1cncc([C@@H]2CCCN2CC(=O)O)n1. The second kappa shape index (κ2) is 6.42. The number of nitrogens with zero attached hydrogens (tertiary/aromatic N) is 3. The summed E-state index contributed by atoms with van der Waals surface area (Å²) in [5.41, 5.74) is 1.45. The van der Waals surface area contributed by atoms with Gasteiger partial charge in [0.1, 0.15) is 0 Å². The highest BCUT2D eigenvalue weighted by molar-refractivity contribution is 5.72. The average molecular weight is 278 g/mol. The van der Waals surface area contributed by atoms with E-state index < -0.39 is 5.97 Å². The van der Waals surface area contributed by atoms with Crippen LogP contribution in [0.25, 0.3) is 0 Å². The number of likely N-dealkylation sites (tertiary alicyclic amines) is 1. The topological polar surface area (TPSA) is 95.4 Å². The molecule has 108 valence electrons. The third-order valence-electron chi connectivity index (χ3n) is 3.26. The first kappa shape index (κ1) is 14.4. The standard InChI is InChI=1S/C13H18N4O3/c1-9(18)15-6-10-5-14-7-11(16-10)12-3-2-4-17(12)8-13(19)20/h5,7,12H,2-4,6,8H2,1H3,(H,15,18)(H,19,20)/t12-/m0/s1. The van der Waals surface area contributed by atoms with Crippen LogP contribution in [-0.4, -0.2) is 44.9 Å². The molecule has 1 aromatic rings. The number of carboxylic acids is 1. The Kier molecular flexibility index (Phi) is 4.62. The van der Waals surface area contributed by atoms with Crippen molar-refractivity contribution in [2.75, 3.05) is 13.1 Å². The summed E-state index contributed by atoms with van der Waals surface area (Å²) in [5.74, 6) is -0.954. The van der Waals surface area contributed by atoms with Gasteiger partial charge in [-0.2, -0.15) is 0 Å². The molecule has 2 heterocycles. The van der Waals surface area contributed by atoms with Crippen molar-refractivity contribution in [3.63, 3.8) is 0 Å². The highest BCUT2D eigenvalue weighted by Crippen LogP contribution is 2.29. The molecule has 0 aliphatic carbocycles. The Bertz CT molecular complexity index is 506. The van der Waals surface area contributed by atoms with Gasteiger partial charge in [-0.15, -0.1) is 0 Å². The van der Waals surface area contributed by atoms with Gasteiger partial charge >= 0.3 is 5.97 Å². The fraction of sp³-hybridized carbons (Fsp3) is 0.538. The molecule has 1 aliphatic rings. The second-order valence-corrected chi connectivity index (χ2v) is 4.87. The third kappa shape index (κ3) is 3.74. The molecule has 1 aliphatic heterocycles. The van der Waals surface area contributed by atoms with Crippen molar-refractivity contribution in [1.82, 2.24) is 20.2 Å². The summed E-state index contributed by atoms with van der Waals surface area (Å²) in [6.45, 7) is 2.56. The first-order valence-corrected chi connectivity index (χ1v) is 6.57. The van der Waals surface area contributed by atoms with Crippen LogP contribution in [0, 0.1) is 0 Å². The van der Waals surface area contributed by atoms with E-state index in [4.69, 9.17) is 5.11 Å². The van der Waals surface area contributed by atoms with E-state index in [1.54, 1.807) is 12.4 Å². The number of hydrogen-bond acceptors (Lipinski definition) is 5. The summed E-state index contributed by atoms with van der Waals surface area (Å²) in [6, 6.07) is -0.00382.